The van der Waals surface area contributed by atoms with E-state index < -0.39 is 21.6 Å². The first-order chi connectivity index (χ1) is 14.2. The highest BCUT2D eigenvalue weighted by molar-refractivity contribution is 7.92. The molecule has 2 aromatic rings. The number of fused-ring (bicyclic) bond motifs is 1. The van der Waals surface area contributed by atoms with Gasteiger partial charge in [0.1, 0.15) is 12.6 Å². The molecule has 0 spiro atoms. The lowest BCUT2D eigenvalue weighted by atomic mass is 10.1. The Morgan fingerprint density at radius 3 is 2.47 bits per heavy atom. The summed E-state index contributed by atoms with van der Waals surface area (Å²) in [6.07, 6.45) is 4.47. The van der Waals surface area contributed by atoms with Crippen LogP contribution in [0.15, 0.2) is 59.1 Å². The molecule has 160 valence electrons. The predicted molar refractivity (Wildman–Crippen MR) is 114 cm³/mol. The van der Waals surface area contributed by atoms with E-state index in [0.29, 0.717) is 17.5 Å². The van der Waals surface area contributed by atoms with Crippen molar-refractivity contribution >= 4 is 32.4 Å². The van der Waals surface area contributed by atoms with Gasteiger partial charge in [0.2, 0.25) is 5.84 Å². The molecule has 2 unspecified atom stereocenters. The third kappa shape index (κ3) is 5.60. The second-order valence-electron chi connectivity index (χ2n) is 7.70. The number of hydrogen-bond acceptors (Lipinski definition) is 6. The zero-order valence-electron chi connectivity index (χ0n) is 17.1. The van der Waals surface area contributed by atoms with Gasteiger partial charge in [0.15, 0.2) is 9.84 Å². The number of carbonyl (C=O) groups excluding carboxylic acids is 1. The van der Waals surface area contributed by atoms with Crippen molar-refractivity contribution in [3.05, 3.63) is 54.2 Å². The van der Waals surface area contributed by atoms with E-state index >= 15 is 0 Å². The topological polar surface area (TPSA) is 112 Å². The second-order valence-corrected chi connectivity index (χ2v) is 9.66. The van der Waals surface area contributed by atoms with Crippen molar-refractivity contribution in [2.24, 2.45) is 0 Å². The Kier molecular flexibility index (Phi) is 6.77. The summed E-state index contributed by atoms with van der Waals surface area (Å²) < 4.78 is 23.7. The number of carboxylic acids is 1. The van der Waals surface area contributed by atoms with Gasteiger partial charge in [0, 0.05) is 17.1 Å². The fourth-order valence-electron chi connectivity index (χ4n) is 3.56. The number of amidine groups is 1. The molecule has 3 N–H and O–H groups in total. The summed E-state index contributed by atoms with van der Waals surface area (Å²) in [5.41, 5.74) is 1.36. The van der Waals surface area contributed by atoms with Crippen molar-refractivity contribution in [2.75, 3.05) is 12.3 Å². The molecule has 0 aliphatic carbocycles. The number of rotatable bonds is 5. The Bertz CT molecular complexity index is 1060. The third-order valence-corrected chi connectivity index (χ3v) is 6.59. The van der Waals surface area contributed by atoms with Crippen molar-refractivity contribution in [2.45, 2.75) is 43.7 Å². The summed E-state index contributed by atoms with van der Waals surface area (Å²) in [5, 5.41) is 18.6. The first kappa shape index (κ1) is 21.8. The Labute approximate surface area is 176 Å². The zero-order valence-corrected chi connectivity index (χ0v) is 18.0. The molecule has 8 heteroatoms. The summed E-state index contributed by atoms with van der Waals surface area (Å²) in [5.74, 6) is -1.33. The molecule has 0 saturated heterocycles. The van der Waals surface area contributed by atoms with Crippen molar-refractivity contribution in [3.8, 4) is 0 Å². The highest BCUT2D eigenvalue weighted by Crippen LogP contribution is 2.23. The van der Waals surface area contributed by atoms with Crippen molar-refractivity contribution < 1.29 is 23.3 Å². The largest absolute Gasteiger partial charge is 0.549 e. The minimum absolute atomic E-state index is 0.0276. The number of carboxylic acid groups (broad SMARTS) is 1. The van der Waals surface area contributed by atoms with E-state index in [1.807, 2.05) is 0 Å². The molecule has 0 fully saturated rings. The lowest BCUT2D eigenvalue weighted by Gasteiger charge is -2.08. The van der Waals surface area contributed by atoms with Gasteiger partial charge in [-0.3, -0.25) is 10.3 Å². The van der Waals surface area contributed by atoms with E-state index in [2.05, 4.69) is 35.5 Å². The summed E-state index contributed by atoms with van der Waals surface area (Å²) in [6, 6.07) is 12.9. The molecular weight excluding hydrogens is 402 g/mol. The summed E-state index contributed by atoms with van der Waals surface area (Å²) in [4.78, 5) is 13.8. The quantitative estimate of drug-likeness (QED) is 0.590. The van der Waals surface area contributed by atoms with Gasteiger partial charge in [-0.1, -0.05) is 42.5 Å². The molecule has 0 amide bonds. The number of aliphatic carboxylic acids is 1. The lowest BCUT2D eigenvalue weighted by molar-refractivity contribution is -0.449. The molecule has 2 aliphatic heterocycles. The van der Waals surface area contributed by atoms with Crippen LogP contribution in [0.1, 0.15) is 26.7 Å². The maximum atomic E-state index is 11.8. The average Bonchev–Trinajstić information content (AvgIpc) is 3.28. The molecule has 0 radical (unpaired) electrons. The van der Waals surface area contributed by atoms with Gasteiger partial charge in [-0.25, -0.2) is 8.42 Å². The van der Waals surface area contributed by atoms with Crippen LogP contribution in [-0.2, 0) is 14.6 Å². The van der Waals surface area contributed by atoms with Crippen molar-refractivity contribution in [1.29, 1.82) is 0 Å². The normalized spacial score (nSPS) is 20.5. The van der Waals surface area contributed by atoms with Gasteiger partial charge >= 0.3 is 0 Å². The van der Waals surface area contributed by atoms with Crippen molar-refractivity contribution in [1.82, 2.24) is 10.6 Å². The van der Waals surface area contributed by atoms with Crippen LogP contribution in [0.3, 0.4) is 0 Å². The fraction of sp³-hybridized carbons (Fsp3) is 0.364. The van der Waals surface area contributed by atoms with Crippen LogP contribution in [0.4, 0.5) is 0 Å². The predicted octanol–water partition coefficient (Wildman–Crippen LogP) is -0.524. The first-order valence-corrected chi connectivity index (χ1v) is 11.6. The molecule has 2 atom stereocenters. The SMILES string of the molecule is CC1CC=C(CC2=[NH+]CC(C)N2)N1.O=C([O-])CS(=O)(=O)c1cccc2ccccc12. The lowest BCUT2D eigenvalue weighted by Crippen LogP contribution is -2.71. The number of carbonyl (C=O) groups is 1. The zero-order chi connectivity index (χ0) is 21.7. The number of benzene rings is 2. The first-order valence-electron chi connectivity index (χ1n) is 9.97. The van der Waals surface area contributed by atoms with Crippen LogP contribution in [-0.4, -0.2) is 44.6 Å². The van der Waals surface area contributed by atoms with E-state index in [4.69, 9.17) is 0 Å². The van der Waals surface area contributed by atoms with Gasteiger partial charge in [-0.2, -0.15) is 0 Å². The van der Waals surface area contributed by atoms with Gasteiger partial charge < -0.3 is 15.2 Å². The summed E-state index contributed by atoms with van der Waals surface area (Å²) in [6.45, 7) is 5.46. The van der Waals surface area contributed by atoms with E-state index in [0.717, 1.165) is 24.8 Å². The Balaban J connectivity index is 0.000000177. The molecule has 0 saturated carbocycles. The average molecular weight is 430 g/mol. The van der Waals surface area contributed by atoms with Crippen LogP contribution in [0.25, 0.3) is 10.8 Å². The smallest absolute Gasteiger partial charge is 0.249 e. The van der Waals surface area contributed by atoms with Gasteiger partial charge in [0.25, 0.3) is 0 Å². The maximum Gasteiger partial charge on any atom is 0.249 e. The summed E-state index contributed by atoms with van der Waals surface area (Å²) >= 11 is 0. The van der Waals surface area contributed by atoms with Gasteiger partial charge in [0.05, 0.1) is 23.0 Å². The van der Waals surface area contributed by atoms with E-state index in [1.54, 1.807) is 36.4 Å². The second kappa shape index (κ2) is 9.30. The van der Waals surface area contributed by atoms with E-state index in [-0.39, 0.29) is 4.90 Å². The van der Waals surface area contributed by atoms with Crippen molar-refractivity contribution in [3.63, 3.8) is 0 Å². The number of hydrogen-bond donors (Lipinski definition) is 3. The highest BCUT2D eigenvalue weighted by atomic mass is 32.2. The third-order valence-electron chi connectivity index (χ3n) is 4.95. The molecular formula is C22H27N3O4S. The van der Waals surface area contributed by atoms with Gasteiger partial charge in [-0.05, 0) is 31.7 Å². The van der Waals surface area contributed by atoms with Crippen LogP contribution in [0, 0.1) is 0 Å². The molecule has 30 heavy (non-hydrogen) atoms. The van der Waals surface area contributed by atoms with Gasteiger partial charge in [-0.15, -0.1) is 0 Å². The Morgan fingerprint density at radius 1 is 1.10 bits per heavy atom. The molecule has 0 bridgehead atoms. The molecule has 2 aliphatic rings. The minimum Gasteiger partial charge on any atom is -0.549 e. The molecule has 4 rings (SSSR count). The van der Waals surface area contributed by atoms with Crippen LogP contribution >= 0.6 is 0 Å². The Hall–Kier alpha value is -2.87. The van der Waals surface area contributed by atoms with E-state index in [9.17, 15) is 18.3 Å². The fourth-order valence-corrected chi connectivity index (χ4v) is 4.83. The number of nitrogens with one attached hydrogen (secondary N) is 3. The summed E-state index contributed by atoms with van der Waals surface area (Å²) in [7, 11) is -3.85. The van der Waals surface area contributed by atoms with Crippen LogP contribution in [0.2, 0.25) is 0 Å². The highest BCUT2D eigenvalue weighted by Gasteiger charge is 2.22. The molecule has 0 aromatic heterocycles. The monoisotopic (exact) mass is 429 g/mol. The van der Waals surface area contributed by atoms with E-state index in [1.165, 1.54) is 17.6 Å². The van der Waals surface area contributed by atoms with Crippen LogP contribution in [0.5, 0.6) is 0 Å². The molecule has 7 nitrogen and oxygen atoms in total. The standard InChI is InChI=1S/C12H10O4S.C10H17N3/c13-12(14)8-17(15,16)11-7-3-5-9-4-1-2-6-10(9)11;1-7-3-4-9(12-7)5-10-11-6-8(2)13-10/h1-7H,8H2,(H,13,14);4,7-8,12H,3,5-6H2,1-2H3,(H,11,13). The Morgan fingerprint density at radius 2 is 1.83 bits per heavy atom. The van der Waals surface area contributed by atoms with Crippen LogP contribution < -0.4 is 20.7 Å². The maximum absolute atomic E-state index is 11.8. The molecule has 2 aromatic carbocycles. The molecule has 2 heterocycles. The minimum atomic E-state index is -3.85. The number of sulfone groups is 1.